The first-order valence-corrected chi connectivity index (χ1v) is 8.64. The number of hydrogen-bond donors (Lipinski definition) is 2. The van der Waals surface area contributed by atoms with Gasteiger partial charge in [-0.3, -0.25) is 25.2 Å². The molecule has 29 heavy (non-hydrogen) atoms. The minimum atomic E-state index is -0.700. The van der Waals surface area contributed by atoms with Crippen LogP contribution in [0.3, 0.4) is 0 Å². The lowest BCUT2D eigenvalue weighted by atomic mass is 10.1. The van der Waals surface area contributed by atoms with Gasteiger partial charge in [-0.25, -0.2) is 4.39 Å². The van der Waals surface area contributed by atoms with Crippen LogP contribution in [-0.2, 0) is 20.7 Å². The fourth-order valence-electron chi connectivity index (χ4n) is 2.33. The van der Waals surface area contributed by atoms with E-state index in [9.17, 15) is 18.8 Å². The molecule has 154 valence electrons. The highest BCUT2D eigenvalue weighted by molar-refractivity contribution is 5.96. The first-order chi connectivity index (χ1) is 13.9. The van der Waals surface area contributed by atoms with Crippen LogP contribution in [0.15, 0.2) is 42.5 Å². The molecule has 0 aliphatic heterocycles. The summed E-state index contributed by atoms with van der Waals surface area (Å²) in [5.74, 6) is -1.41. The third-order valence-corrected chi connectivity index (χ3v) is 3.86. The fourth-order valence-corrected chi connectivity index (χ4v) is 2.33. The number of ether oxygens (including phenoxy) is 3. The van der Waals surface area contributed by atoms with Crippen LogP contribution in [-0.4, -0.2) is 38.6 Å². The van der Waals surface area contributed by atoms with Crippen molar-refractivity contribution < 1.29 is 33.0 Å². The number of hydrazine groups is 1. The summed E-state index contributed by atoms with van der Waals surface area (Å²) in [7, 11) is 2.91. The van der Waals surface area contributed by atoms with Gasteiger partial charge in [0.2, 0.25) is 0 Å². The zero-order valence-electron chi connectivity index (χ0n) is 16.0. The third-order valence-electron chi connectivity index (χ3n) is 3.86. The van der Waals surface area contributed by atoms with E-state index in [0.29, 0.717) is 17.9 Å². The van der Waals surface area contributed by atoms with Crippen molar-refractivity contribution in [2.24, 2.45) is 0 Å². The monoisotopic (exact) mass is 404 g/mol. The molecule has 2 N–H and O–H groups in total. The molecule has 9 heteroatoms. The van der Waals surface area contributed by atoms with Crippen LogP contribution < -0.4 is 20.3 Å². The Morgan fingerprint density at radius 3 is 2.28 bits per heavy atom. The van der Waals surface area contributed by atoms with Crippen molar-refractivity contribution in [3.8, 4) is 11.5 Å². The summed E-state index contributed by atoms with van der Waals surface area (Å²) >= 11 is 0. The molecule has 2 amide bonds. The highest BCUT2D eigenvalue weighted by Crippen LogP contribution is 2.27. The first-order valence-electron chi connectivity index (χ1n) is 8.64. The number of benzene rings is 2. The normalized spacial score (nSPS) is 10.0. The molecule has 2 aromatic rings. The van der Waals surface area contributed by atoms with Crippen molar-refractivity contribution in [1.29, 1.82) is 0 Å². The predicted molar refractivity (Wildman–Crippen MR) is 101 cm³/mol. The average Bonchev–Trinajstić information content (AvgIpc) is 2.74. The van der Waals surface area contributed by atoms with Crippen LogP contribution in [0, 0.1) is 5.82 Å². The van der Waals surface area contributed by atoms with Crippen LogP contribution in [0.25, 0.3) is 0 Å². The number of amides is 2. The minimum Gasteiger partial charge on any atom is -0.493 e. The quantitative estimate of drug-likeness (QED) is 0.514. The second kappa shape index (κ2) is 10.6. The van der Waals surface area contributed by atoms with Crippen molar-refractivity contribution in [3.05, 3.63) is 59.4 Å². The van der Waals surface area contributed by atoms with E-state index in [0.717, 1.165) is 5.56 Å². The van der Waals surface area contributed by atoms with Crippen molar-refractivity contribution in [3.63, 3.8) is 0 Å². The van der Waals surface area contributed by atoms with E-state index in [2.05, 4.69) is 10.9 Å². The Labute approximate surface area is 166 Å². The van der Waals surface area contributed by atoms with Gasteiger partial charge in [0, 0.05) is 12.0 Å². The molecule has 8 nitrogen and oxygen atoms in total. The molecule has 0 aliphatic rings. The van der Waals surface area contributed by atoms with Crippen molar-refractivity contribution in [1.82, 2.24) is 10.9 Å². The summed E-state index contributed by atoms with van der Waals surface area (Å²) in [4.78, 5) is 35.5. The lowest BCUT2D eigenvalue weighted by molar-refractivity contribution is -0.148. The Kier molecular flexibility index (Phi) is 7.96. The van der Waals surface area contributed by atoms with Crippen LogP contribution in [0.4, 0.5) is 4.39 Å². The van der Waals surface area contributed by atoms with Crippen molar-refractivity contribution in [2.45, 2.75) is 12.8 Å². The van der Waals surface area contributed by atoms with Gasteiger partial charge >= 0.3 is 5.97 Å². The van der Waals surface area contributed by atoms with E-state index in [4.69, 9.17) is 14.2 Å². The number of esters is 1. The molecule has 0 aliphatic carbocycles. The Bertz CT molecular complexity index is 870. The molecule has 0 atom stereocenters. The smallest absolute Gasteiger partial charge is 0.306 e. The topological polar surface area (TPSA) is 103 Å². The molecular formula is C20H21FN2O6. The predicted octanol–water partition coefficient (Wildman–Crippen LogP) is 1.78. The molecule has 0 unspecified atom stereocenters. The highest BCUT2D eigenvalue weighted by Gasteiger charge is 2.13. The third kappa shape index (κ3) is 6.80. The van der Waals surface area contributed by atoms with E-state index in [1.165, 1.54) is 38.5 Å². The molecule has 0 fully saturated rings. The van der Waals surface area contributed by atoms with E-state index >= 15 is 0 Å². The van der Waals surface area contributed by atoms with Crippen molar-refractivity contribution >= 4 is 17.8 Å². The van der Waals surface area contributed by atoms with Gasteiger partial charge in [0.1, 0.15) is 5.82 Å². The van der Waals surface area contributed by atoms with Crippen LogP contribution >= 0.6 is 0 Å². The van der Waals surface area contributed by atoms with Crippen molar-refractivity contribution in [2.75, 3.05) is 20.8 Å². The van der Waals surface area contributed by atoms with Gasteiger partial charge in [0.25, 0.3) is 11.8 Å². The lowest BCUT2D eigenvalue weighted by Gasteiger charge is -2.11. The Balaban J connectivity index is 1.72. The van der Waals surface area contributed by atoms with Gasteiger partial charge in [0.15, 0.2) is 18.1 Å². The molecule has 0 radical (unpaired) electrons. The van der Waals surface area contributed by atoms with Gasteiger partial charge in [-0.05, 0) is 42.3 Å². The van der Waals surface area contributed by atoms with Crippen LogP contribution in [0.2, 0.25) is 0 Å². The van der Waals surface area contributed by atoms with Gasteiger partial charge in [-0.15, -0.1) is 0 Å². The average molecular weight is 404 g/mol. The fraction of sp³-hybridized carbons (Fsp3) is 0.250. The standard InChI is InChI=1S/C20H21FN2O6/c1-27-16-9-6-14(11-17(16)28-2)20(26)23-22-18(24)12-29-19(25)10-5-13-3-7-15(21)8-4-13/h3-4,6-9,11H,5,10,12H2,1-2H3,(H,22,24)(H,23,26). The maximum atomic E-state index is 12.8. The maximum absolute atomic E-state index is 12.8. The summed E-state index contributed by atoms with van der Waals surface area (Å²) in [5.41, 5.74) is 5.37. The van der Waals surface area contributed by atoms with Gasteiger partial charge < -0.3 is 14.2 Å². The number of rotatable bonds is 8. The summed E-state index contributed by atoms with van der Waals surface area (Å²) < 4.78 is 27.9. The van der Waals surface area contributed by atoms with E-state index in [1.54, 1.807) is 18.2 Å². The number of carbonyl (C=O) groups excluding carboxylic acids is 3. The Morgan fingerprint density at radius 1 is 0.931 bits per heavy atom. The number of halogens is 1. The van der Waals surface area contributed by atoms with E-state index in [1.807, 2.05) is 0 Å². The molecular weight excluding hydrogens is 383 g/mol. The molecule has 2 aromatic carbocycles. The summed E-state index contributed by atoms with van der Waals surface area (Å²) in [6, 6.07) is 10.2. The zero-order chi connectivity index (χ0) is 21.2. The summed E-state index contributed by atoms with van der Waals surface area (Å²) in [5, 5.41) is 0. The SMILES string of the molecule is COc1ccc(C(=O)NNC(=O)COC(=O)CCc2ccc(F)cc2)cc1OC. The number of methoxy groups -OCH3 is 2. The lowest BCUT2D eigenvalue weighted by Crippen LogP contribution is -2.43. The second-order valence-electron chi connectivity index (χ2n) is 5.86. The van der Waals surface area contributed by atoms with Crippen LogP contribution in [0.1, 0.15) is 22.3 Å². The van der Waals surface area contributed by atoms with Gasteiger partial charge in [0.05, 0.1) is 14.2 Å². The minimum absolute atomic E-state index is 0.0386. The Morgan fingerprint density at radius 2 is 1.62 bits per heavy atom. The maximum Gasteiger partial charge on any atom is 0.306 e. The second-order valence-corrected chi connectivity index (χ2v) is 5.86. The zero-order valence-corrected chi connectivity index (χ0v) is 16.0. The molecule has 0 spiro atoms. The van der Waals surface area contributed by atoms with Gasteiger partial charge in [-0.2, -0.15) is 0 Å². The summed E-state index contributed by atoms with van der Waals surface area (Å²) in [6.45, 7) is -0.547. The van der Waals surface area contributed by atoms with E-state index in [-0.39, 0.29) is 17.8 Å². The highest BCUT2D eigenvalue weighted by atomic mass is 19.1. The molecule has 0 saturated heterocycles. The molecule has 2 rings (SSSR count). The van der Waals surface area contributed by atoms with Gasteiger partial charge in [-0.1, -0.05) is 12.1 Å². The number of hydrogen-bond acceptors (Lipinski definition) is 6. The Hall–Kier alpha value is -3.62. The number of carbonyl (C=O) groups is 3. The molecule has 0 bridgehead atoms. The number of aryl methyl sites for hydroxylation is 1. The molecule has 0 heterocycles. The van der Waals surface area contributed by atoms with E-state index < -0.39 is 24.4 Å². The largest absolute Gasteiger partial charge is 0.493 e. The summed E-state index contributed by atoms with van der Waals surface area (Å²) in [6.07, 6.45) is 0.397. The first kappa shape index (κ1) is 21.7. The molecule has 0 saturated carbocycles. The molecule has 0 aromatic heterocycles. The van der Waals surface area contributed by atoms with Crippen LogP contribution in [0.5, 0.6) is 11.5 Å². The number of nitrogens with one attached hydrogen (secondary N) is 2.